The van der Waals surface area contributed by atoms with Crippen LogP contribution in [0.15, 0.2) is 137 Å². The van der Waals surface area contributed by atoms with Crippen LogP contribution in [0.25, 0.3) is 16.8 Å². The zero-order valence-electron chi connectivity index (χ0n) is 34.9. The largest absolute Gasteiger partial charge is 1.00 e. The van der Waals surface area contributed by atoms with Gasteiger partial charge in [0.05, 0.1) is 37.4 Å². The van der Waals surface area contributed by atoms with Gasteiger partial charge >= 0.3 is 101 Å². The third kappa shape index (κ3) is 13.2. The fraction of sp³-hybridized carbons (Fsp3) is 0. The van der Waals surface area contributed by atoms with Crippen molar-refractivity contribution in [1.29, 1.82) is 0 Å². The molecule has 0 fully saturated rings. The number of carboxylic acid groups (broad SMARTS) is 1. The number of fused-ring (bicyclic) bond motifs is 2. The van der Waals surface area contributed by atoms with Gasteiger partial charge in [-0.3, -0.25) is 24.4 Å². The first-order valence-electron chi connectivity index (χ1n) is 17.4. The van der Waals surface area contributed by atoms with Crippen molar-refractivity contribution in [2.75, 3.05) is 15.9 Å². The quantitative estimate of drug-likeness (QED) is 0.0381. The number of hydrazone groups is 2. The number of nitrogens with zero attached hydrogens (tertiary/aromatic N) is 5. The van der Waals surface area contributed by atoms with Crippen LogP contribution in [-0.2, 0) is 71.9 Å². The molecular formula is C36H21CuN8Na3O17S4. The van der Waals surface area contributed by atoms with Crippen molar-refractivity contribution < 1.29 is 182 Å². The van der Waals surface area contributed by atoms with E-state index in [1.54, 1.807) is 0 Å². The number of carbonyl (C=O) groups is 4. The van der Waals surface area contributed by atoms with Crippen molar-refractivity contribution in [3.8, 4) is 0 Å². The van der Waals surface area contributed by atoms with Crippen molar-refractivity contribution in [2.24, 2.45) is 20.4 Å². The van der Waals surface area contributed by atoms with Crippen LogP contribution in [0.1, 0.15) is 15.9 Å². The molecule has 0 atom stereocenters. The third-order valence-electron chi connectivity index (χ3n) is 9.02. The van der Waals surface area contributed by atoms with E-state index >= 15 is 0 Å². The molecule has 0 saturated carbocycles. The molecule has 0 spiro atoms. The SMILES string of the molecule is O=C(O)C1=NN(c2ccc(S(=O)(=O)[O-])cc2)C(=O)/C1=N/Nc1ccc2c(c1)C(=O)/C(=N\N=C1\C=CC(NNc3ccc4cc(S(=O)(=O)[O-])cc(S(=O)(=O)[O-])c4c3)=CC1=O)C(S(=O)(=O)O)=C2.[Cu].[Na+].[Na+].[Na+]. The van der Waals surface area contributed by atoms with E-state index in [1.165, 1.54) is 30.3 Å². The smallest absolute Gasteiger partial charge is 0.744 e. The molecule has 345 valence electrons. The van der Waals surface area contributed by atoms with Crippen LogP contribution < -0.4 is 110 Å². The number of carboxylic acids is 1. The van der Waals surface area contributed by atoms with Gasteiger partial charge in [-0.1, -0.05) is 12.1 Å². The topological polar surface area (TPSA) is 403 Å². The summed E-state index contributed by atoms with van der Waals surface area (Å²) in [5.74, 6) is -4.79. The van der Waals surface area contributed by atoms with E-state index in [2.05, 4.69) is 36.7 Å². The molecule has 1 amide bonds. The summed E-state index contributed by atoms with van der Waals surface area (Å²) < 4.78 is 139. The maximum absolute atomic E-state index is 13.7. The standard InChI is InChI=1S/C36H24N8O17S4.Cu.3Na/c45-28-15-21(38-37-19-3-1-17-11-24(63(53,54)55)16-29(25(17)13-19)64(56,57)58)5-10-27(28)40-41-31-30(65(59,60)61)12-18-2-4-20(14-26(18)34(31)46)39-42-32-33(36(48)49)43-44(35(32)47)22-6-8-23(9-7-22)62(50,51)52;;;;/h1-16,37-39H,(H,48,49)(H,50,51,52)(H,53,54,55)(H,56,57,58)(H,59,60,61);;;;/q;;3*+1/p-3/b40-27-,41-31-,42-32+;;;;. The number of carbonyl (C=O) groups excluding carboxylic acids is 3. The Labute approximate surface area is 466 Å². The summed E-state index contributed by atoms with van der Waals surface area (Å²) in [4.78, 5) is 48.2. The number of hydrazine groups is 1. The molecule has 4 aromatic carbocycles. The zero-order valence-corrected chi connectivity index (χ0v) is 45.1. The van der Waals surface area contributed by atoms with Crippen molar-refractivity contribution in [3.05, 3.63) is 113 Å². The number of nitrogens with one attached hydrogen (secondary N) is 3. The molecule has 33 heteroatoms. The molecule has 1 heterocycles. The van der Waals surface area contributed by atoms with Gasteiger partial charge < -0.3 is 29.6 Å². The fourth-order valence-electron chi connectivity index (χ4n) is 6.03. The number of amides is 1. The first-order chi connectivity index (χ1) is 30.3. The fourth-order valence-corrected chi connectivity index (χ4v) is 8.48. The molecule has 5 N–H and O–H groups in total. The molecule has 4 aromatic rings. The number of aliphatic carboxylic acids is 1. The average Bonchev–Trinajstić information content (AvgIpc) is 3.56. The van der Waals surface area contributed by atoms with Crippen LogP contribution >= 0.6 is 0 Å². The number of benzene rings is 4. The second-order valence-corrected chi connectivity index (χ2v) is 18.7. The van der Waals surface area contributed by atoms with E-state index in [0.29, 0.717) is 11.1 Å². The number of hydrogen-bond acceptors (Lipinski definition) is 22. The van der Waals surface area contributed by atoms with Crippen LogP contribution in [-0.4, -0.2) is 103 Å². The number of ketones is 2. The van der Waals surface area contributed by atoms with Crippen molar-refractivity contribution in [2.45, 2.75) is 14.7 Å². The van der Waals surface area contributed by atoms with Crippen molar-refractivity contribution in [1.82, 2.24) is 5.43 Å². The summed E-state index contributed by atoms with van der Waals surface area (Å²) in [5.41, 5.74) is 4.27. The first kappa shape index (κ1) is 59.2. The van der Waals surface area contributed by atoms with Crippen LogP contribution in [0.2, 0.25) is 0 Å². The molecule has 0 unspecified atom stereocenters. The number of Topliss-reactive ketones (excluding diaryl/α,β-unsaturated/α-hetero) is 1. The van der Waals surface area contributed by atoms with Gasteiger partial charge in [-0.2, -0.15) is 23.6 Å². The molecule has 2 aliphatic carbocycles. The summed E-state index contributed by atoms with van der Waals surface area (Å²) in [6.07, 6.45) is 4.19. The molecule has 0 aromatic heterocycles. The number of anilines is 3. The Hall–Kier alpha value is -4.12. The van der Waals surface area contributed by atoms with E-state index in [4.69, 9.17) is 0 Å². The van der Waals surface area contributed by atoms with Crippen LogP contribution in [0, 0.1) is 0 Å². The minimum Gasteiger partial charge on any atom is -0.744 e. The van der Waals surface area contributed by atoms with Gasteiger partial charge in [0.1, 0.15) is 41.0 Å². The number of allylic oxidation sites excluding steroid dienone is 4. The Morgan fingerprint density at radius 3 is 1.91 bits per heavy atom. The maximum atomic E-state index is 13.7. The third-order valence-corrected chi connectivity index (χ3v) is 12.4. The van der Waals surface area contributed by atoms with Crippen molar-refractivity contribution >= 4 is 121 Å². The summed E-state index contributed by atoms with van der Waals surface area (Å²) in [5, 5.41) is 24.9. The van der Waals surface area contributed by atoms with Crippen LogP contribution in [0.5, 0.6) is 0 Å². The van der Waals surface area contributed by atoms with Gasteiger partial charge in [-0.15, -0.1) is 10.2 Å². The molecule has 3 aliphatic rings. The van der Waals surface area contributed by atoms with Gasteiger partial charge in [0.15, 0.2) is 11.4 Å². The maximum Gasteiger partial charge on any atom is 1.00 e. The Morgan fingerprint density at radius 2 is 1.33 bits per heavy atom. The van der Waals surface area contributed by atoms with Crippen molar-refractivity contribution in [3.63, 3.8) is 0 Å². The van der Waals surface area contributed by atoms with Gasteiger partial charge in [0.25, 0.3) is 10.1 Å². The minimum absolute atomic E-state index is 0. The monoisotopic (exact) mass is 1100 g/mol. The van der Waals surface area contributed by atoms with E-state index in [1.807, 2.05) is 0 Å². The molecule has 25 nitrogen and oxygen atoms in total. The molecule has 0 saturated heterocycles. The summed E-state index contributed by atoms with van der Waals surface area (Å²) in [7, 11) is -20.4. The van der Waals surface area contributed by atoms with E-state index in [9.17, 15) is 76.2 Å². The number of hydrogen-bond donors (Lipinski definition) is 5. The van der Waals surface area contributed by atoms with Gasteiger partial charge in [0, 0.05) is 34.1 Å². The van der Waals surface area contributed by atoms with Crippen LogP contribution in [0.3, 0.4) is 0 Å². The van der Waals surface area contributed by atoms with E-state index in [-0.39, 0.29) is 150 Å². The predicted molar refractivity (Wildman–Crippen MR) is 222 cm³/mol. The summed E-state index contributed by atoms with van der Waals surface area (Å²) >= 11 is 0. The molecule has 7 rings (SSSR count). The summed E-state index contributed by atoms with van der Waals surface area (Å²) in [6.45, 7) is 0. The Morgan fingerprint density at radius 1 is 0.696 bits per heavy atom. The van der Waals surface area contributed by atoms with E-state index in [0.717, 1.165) is 60.7 Å². The second kappa shape index (κ2) is 22.5. The minimum atomic E-state index is -5.27. The average molecular weight is 1100 g/mol. The molecular weight excluding hydrogens is 1080 g/mol. The Kier molecular flexibility index (Phi) is 19.3. The van der Waals surface area contributed by atoms with Gasteiger partial charge in [-0.05, 0) is 89.8 Å². The van der Waals surface area contributed by atoms with Crippen LogP contribution in [0.4, 0.5) is 17.1 Å². The Bertz CT molecular complexity index is 3570. The predicted octanol–water partition coefficient (Wildman–Crippen LogP) is -8.32. The molecule has 69 heavy (non-hydrogen) atoms. The normalized spacial score (nSPS) is 16.6. The Balaban J connectivity index is 0.00000315. The summed E-state index contributed by atoms with van der Waals surface area (Å²) in [6, 6.07) is 12.3. The van der Waals surface area contributed by atoms with E-state index < -0.39 is 106 Å². The first-order valence-corrected chi connectivity index (χ1v) is 23.0. The number of rotatable bonds is 12. The molecule has 1 radical (unpaired) electrons. The molecule has 1 aliphatic heterocycles. The van der Waals surface area contributed by atoms with Gasteiger partial charge in [0.2, 0.25) is 17.3 Å². The van der Waals surface area contributed by atoms with Gasteiger partial charge in [-0.25, -0.2) is 30.0 Å². The zero-order chi connectivity index (χ0) is 47.4. The second-order valence-electron chi connectivity index (χ2n) is 13.3. The molecule has 0 bridgehead atoms.